The third-order valence-electron chi connectivity index (χ3n) is 3.28. The van der Waals surface area contributed by atoms with Crippen molar-refractivity contribution in [2.75, 3.05) is 23.7 Å². The minimum atomic E-state index is 0.144. The van der Waals surface area contributed by atoms with Crippen molar-refractivity contribution in [1.29, 1.82) is 0 Å². The van der Waals surface area contributed by atoms with Crippen molar-refractivity contribution in [2.24, 2.45) is 0 Å². The molecule has 1 N–H and O–H groups in total. The van der Waals surface area contributed by atoms with Crippen LogP contribution in [0.15, 0.2) is 18.5 Å². The average Bonchev–Trinajstić information content (AvgIpc) is 2.36. The second-order valence-corrected chi connectivity index (χ2v) is 7.78. The molecule has 1 aromatic rings. The molecule has 1 unspecified atom stereocenters. The average molecular weight is 279 g/mol. The minimum Gasteiger partial charge on any atom is -0.368 e. The van der Waals surface area contributed by atoms with Gasteiger partial charge in [-0.25, -0.2) is 0 Å². The van der Waals surface area contributed by atoms with Crippen molar-refractivity contribution in [3.8, 4) is 0 Å². The summed E-state index contributed by atoms with van der Waals surface area (Å²) in [5, 5.41) is 4.28. The predicted octanol–water partition coefficient (Wildman–Crippen LogP) is 2.91. The summed E-state index contributed by atoms with van der Waals surface area (Å²) in [7, 11) is 0. The van der Waals surface area contributed by atoms with Gasteiger partial charge in [-0.05, 0) is 32.4 Å². The van der Waals surface area contributed by atoms with Crippen LogP contribution in [-0.4, -0.2) is 34.6 Å². The Kier molecular flexibility index (Phi) is 4.74. The molecular formula is C15H25N3S. The summed E-state index contributed by atoms with van der Waals surface area (Å²) in [4.78, 5) is 6.79. The third kappa shape index (κ3) is 4.39. The lowest BCUT2D eigenvalue weighted by atomic mass is 10.1. The van der Waals surface area contributed by atoms with Crippen LogP contribution in [0.2, 0.25) is 0 Å². The van der Waals surface area contributed by atoms with Crippen LogP contribution < -0.4 is 10.2 Å². The first-order valence-electron chi connectivity index (χ1n) is 7.00. The number of nitrogens with zero attached hydrogens (tertiary/aromatic N) is 2. The number of thioether (sulfide) groups is 1. The number of hydrogen-bond acceptors (Lipinski definition) is 4. The number of hydrogen-bond donors (Lipinski definition) is 1. The fourth-order valence-electron chi connectivity index (χ4n) is 2.25. The van der Waals surface area contributed by atoms with Crippen LogP contribution in [0.5, 0.6) is 0 Å². The zero-order valence-electron chi connectivity index (χ0n) is 12.4. The highest BCUT2D eigenvalue weighted by Gasteiger charge is 2.20. The molecule has 106 valence electrons. The Morgan fingerprint density at radius 1 is 1.47 bits per heavy atom. The van der Waals surface area contributed by atoms with Crippen LogP contribution in [0.3, 0.4) is 0 Å². The molecule has 0 spiro atoms. The molecule has 19 heavy (non-hydrogen) atoms. The van der Waals surface area contributed by atoms with E-state index in [9.17, 15) is 0 Å². The van der Waals surface area contributed by atoms with Crippen molar-refractivity contribution < 1.29 is 0 Å². The molecule has 0 saturated carbocycles. The number of anilines is 1. The molecular weight excluding hydrogens is 254 g/mol. The van der Waals surface area contributed by atoms with Gasteiger partial charge < -0.3 is 10.2 Å². The quantitative estimate of drug-likeness (QED) is 0.921. The van der Waals surface area contributed by atoms with Gasteiger partial charge in [0.2, 0.25) is 0 Å². The summed E-state index contributed by atoms with van der Waals surface area (Å²) >= 11 is 2.06. The van der Waals surface area contributed by atoms with Crippen molar-refractivity contribution in [3.05, 3.63) is 24.0 Å². The second kappa shape index (κ2) is 6.14. The molecule has 0 radical (unpaired) electrons. The van der Waals surface area contributed by atoms with E-state index in [2.05, 4.69) is 60.7 Å². The normalized spacial score (nSPS) is 20.6. The smallest absolute Gasteiger partial charge is 0.0599 e. The highest BCUT2D eigenvalue weighted by atomic mass is 32.2. The summed E-state index contributed by atoms with van der Waals surface area (Å²) in [6.45, 7) is 12.1. The zero-order valence-corrected chi connectivity index (χ0v) is 13.3. The molecule has 1 saturated heterocycles. The second-order valence-electron chi connectivity index (χ2n) is 6.24. The number of pyridine rings is 1. The van der Waals surface area contributed by atoms with Gasteiger partial charge in [0.25, 0.3) is 0 Å². The summed E-state index contributed by atoms with van der Waals surface area (Å²) < 4.78 is 0. The molecule has 0 aromatic carbocycles. The molecule has 0 bridgehead atoms. The maximum Gasteiger partial charge on any atom is 0.0599 e. The van der Waals surface area contributed by atoms with Crippen LogP contribution in [0.4, 0.5) is 5.69 Å². The zero-order chi connectivity index (χ0) is 13.9. The molecule has 0 aliphatic carbocycles. The van der Waals surface area contributed by atoms with E-state index in [1.165, 1.54) is 17.0 Å². The SMILES string of the molecule is CC1CN(c2cnccc2CNC(C)(C)C)CCS1. The van der Waals surface area contributed by atoms with E-state index < -0.39 is 0 Å². The lowest BCUT2D eigenvalue weighted by molar-refractivity contribution is 0.424. The van der Waals surface area contributed by atoms with E-state index >= 15 is 0 Å². The Bertz CT molecular complexity index is 414. The van der Waals surface area contributed by atoms with Gasteiger partial charge in [-0.1, -0.05) is 6.92 Å². The summed E-state index contributed by atoms with van der Waals surface area (Å²) in [5.74, 6) is 1.21. The maximum atomic E-state index is 4.31. The molecule has 4 heteroatoms. The van der Waals surface area contributed by atoms with E-state index in [0.29, 0.717) is 5.25 Å². The van der Waals surface area contributed by atoms with Crippen LogP contribution in [0.1, 0.15) is 33.3 Å². The van der Waals surface area contributed by atoms with E-state index in [1.54, 1.807) is 0 Å². The van der Waals surface area contributed by atoms with Crippen LogP contribution >= 0.6 is 11.8 Å². The molecule has 1 aliphatic rings. The van der Waals surface area contributed by atoms with Crippen LogP contribution in [-0.2, 0) is 6.54 Å². The molecule has 1 aromatic heterocycles. The van der Waals surface area contributed by atoms with Crippen molar-refractivity contribution in [1.82, 2.24) is 10.3 Å². The lowest BCUT2D eigenvalue weighted by Crippen LogP contribution is -2.39. The summed E-state index contributed by atoms with van der Waals surface area (Å²) in [5.41, 5.74) is 2.79. The topological polar surface area (TPSA) is 28.2 Å². The van der Waals surface area contributed by atoms with Gasteiger partial charge in [0, 0.05) is 42.4 Å². The van der Waals surface area contributed by atoms with E-state index in [-0.39, 0.29) is 5.54 Å². The molecule has 1 aliphatic heterocycles. The first-order chi connectivity index (χ1) is 8.96. The maximum absolute atomic E-state index is 4.31. The fourth-order valence-corrected chi connectivity index (χ4v) is 3.26. The molecule has 3 nitrogen and oxygen atoms in total. The molecule has 2 rings (SSSR count). The number of aromatic nitrogens is 1. The van der Waals surface area contributed by atoms with Gasteiger partial charge >= 0.3 is 0 Å². The largest absolute Gasteiger partial charge is 0.368 e. The van der Waals surface area contributed by atoms with Gasteiger partial charge in [-0.15, -0.1) is 0 Å². The fraction of sp³-hybridized carbons (Fsp3) is 0.667. The standard InChI is InChI=1S/C15H25N3S/c1-12-11-18(7-8-19-12)14-10-16-6-5-13(14)9-17-15(2,3)4/h5-6,10,12,17H,7-9,11H2,1-4H3. The Morgan fingerprint density at radius 2 is 2.26 bits per heavy atom. The Morgan fingerprint density at radius 3 is 2.95 bits per heavy atom. The monoisotopic (exact) mass is 279 g/mol. The number of nitrogens with one attached hydrogen (secondary N) is 1. The van der Waals surface area contributed by atoms with Gasteiger partial charge in [0.05, 0.1) is 11.9 Å². The van der Waals surface area contributed by atoms with Crippen molar-refractivity contribution >= 4 is 17.4 Å². The number of rotatable bonds is 3. The highest BCUT2D eigenvalue weighted by Crippen LogP contribution is 2.26. The van der Waals surface area contributed by atoms with E-state index in [0.717, 1.165) is 19.6 Å². The van der Waals surface area contributed by atoms with Gasteiger partial charge in [0.1, 0.15) is 0 Å². The van der Waals surface area contributed by atoms with Gasteiger partial charge in [-0.2, -0.15) is 11.8 Å². The first kappa shape index (κ1) is 14.7. The van der Waals surface area contributed by atoms with Gasteiger partial charge in [-0.3, -0.25) is 4.98 Å². The lowest BCUT2D eigenvalue weighted by Gasteiger charge is -2.34. The van der Waals surface area contributed by atoms with Crippen LogP contribution in [0, 0.1) is 0 Å². The van der Waals surface area contributed by atoms with Crippen molar-refractivity contribution in [2.45, 2.75) is 45.0 Å². The first-order valence-corrected chi connectivity index (χ1v) is 8.05. The van der Waals surface area contributed by atoms with Gasteiger partial charge in [0.15, 0.2) is 0 Å². The van der Waals surface area contributed by atoms with Crippen LogP contribution in [0.25, 0.3) is 0 Å². The van der Waals surface area contributed by atoms with E-state index in [4.69, 9.17) is 0 Å². The predicted molar refractivity (Wildman–Crippen MR) is 85.0 cm³/mol. The van der Waals surface area contributed by atoms with E-state index in [1.807, 2.05) is 12.4 Å². The third-order valence-corrected chi connectivity index (χ3v) is 4.41. The molecule has 1 fully saturated rings. The van der Waals surface area contributed by atoms with Crippen molar-refractivity contribution in [3.63, 3.8) is 0 Å². The Hall–Kier alpha value is -0.740. The highest BCUT2D eigenvalue weighted by molar-refractivity contribution is 8.00. The summed E-state index contributed by atoms with van der Waals surface area (Å²) in [6, 6.07) is 2.14. The molecule has 0 amide bonds. The molecule has 1 atom stereocenters. The molecule has 2 heterocycles. The Labute approximate surface area is 121 Å². The summed E-state index contributed by atoms with van der Waals surface area (Å²) in [6.07, 6.45) is 3.91. The minimum absolute atomic E-state index is 0.144. The Balaban J connectivity index is 2.11.